The monoisotopic (exact) mass is 232 g/mol. The molecule has 2 aromatic heterocycles. The number of nitrogens with zero attached hydrogens (tertiary/aromatic N) is 4. The van der Waals surface area contributed by atoms with Gasteiger partial charge < -0.3 is 10.8 Å². The Morgan fingerprint density at radius 3 is 2.71 bits per heavy atom. The molecule has 0 atom stereocenters. The van der Waals surface area contributed by atoms with Crippen LogP contribution in [-0.2, 0) is 4.79 Å². The van der Waals surface area contributed by atoms with Crippen molar-refractivity contribution in [3.05, 3.63) is 24.2 Å². The SMILES string of the molecule is N#Cc1ncc(-c2cc[nH]n2)nc1N.O=CO. The maximum absolute atomic E-state index is 8.59. The molecule has 0 bridgehead atoms. The van der Waals surface area contributed by atoms with Crippen molar-refractivity contribution in [1.82, 2.24) is 20.2 Å². The molecule has 0 aliphatic carbocycles. The molecule has 0 saturated heterocycles. The molecule has 2 aromatic rings. The van der Waals surface area contributed by atoms with Crippen molar-refractivity contribution in [2.24, 2.45) is 0 Å². The number of H-pyrrole nitrogens is 1. The van der Waals surface area contributed by atoms with E-state index in [0.717, 1.165) is 0 Å². The molecule has 0 aromatic carbocycles. The van der Waals surface area contributed by atoms with Crippen LogP contribution in [0.25, 0.3) is 11.4 Å². The van der Waals surface area contributed by atoms with Crippen LogP contribution in [0.2, 0.25) is 0 Å². The minimum absolute atomic E-state index is 0.119. The summed E-state index contributed by atoms with van der Waals surface area (Å²) in [4.78, 5) is 16.2. The largest absolute Gasteiger partial charge is 0.483 e. The van der Waals surface area contributed by atoms with Crippen LogP contribution >= 0.6 is 0 Å². The Labute approximate surface area is 95.7 Å². The second-order valence-electron chi connectivity index (χ2n) is 2.67. The van der Waals surface area contributed by atoms with Crippen molar-refractivity contribution in [3.63, 3.8) is 0 Å². The zero-order valence-corrected chi connectivity index (χ0v) is 8.53. The number of rotatable bonds is 1. The summed E-state index contributed by atoms with van der Waals surface area (Å²) in [7, 11) is 0. The number of hydrogen-bond donors (Lipinski definition) is 3. The molecular formula is C9H8N6O2. The molecule has 0 aliphatic rings. The van der Waals surface area contributed by atoms with E-state index < -0.39 is 0 Å². The van der Waals surface area contributed by atoms with Gasteiger partial charge in [-0.05, 0) is 6.07 Å². The third-order valence-corrected chi connectivity index (χ3v) is 1.67. The number of carboxylic acid groups (broad SMARTS) is 1. The number of anilines is 1. The third kappa shape index (κ3) is 3.00. The standard InChI is InChI=1S/C8H6N6.CH2O2/c9-3-6-8(10)13-7(4-11-6)5-1-2-12-14-5;2-1-3/h1-2,4H,(H2,10,13)(H,12,14);1H,(H,2,3). The number of nitriles is 1. The van der Waals surface area contributed by atoms with Crippen molar-refractivity contribution in [3.8, 4) is 17.5 Å². The van der Waals surface area contributed by atoms with Gasteiger partial charge in [-0.2, -0.15) is 10.4 Å². The van der Waals surface area contributed by atoms with Gasteiger partial charge in [0.2, 0.25) is 0 Å². The highest BCUT2D eigenvalue weighted by Crippen LogP contribution is 2.14. The maximum atomic E-state index is 8.59. The molecule has 8 heteroatoms. The summed E-state index contributed by atoms with van der Waals surface area (Å²) in [6.07, 6.45) is 3.14. The van der Waals surface area contributed by atoms with Crippen molar-refractivity contribution in [2.45, 2.75) is 0 Å². The average molecular weight is 232 g/mol. The summed E-state index contributed by atoms with van der Waals surface area (Å²) >= 11 is 0. The van der Waals surface area contributed by atoms with Crippen molar-refractivity contribution < 1.29 is 9.90 Å². The first-order valence-corrected chi connectivity index (χ1v) is 4.33. The molecule has 0 fully saturated rings. The maximum Gasteiger partial charge on any atom is 0.290 e. The predicted octanol–water partition coefficient (Wildman–Crippen LogP) is 0.0214. The first kappa shape index (κ1) is 12.1. The van der Waals surface area contributed by atoms with Crippen LogP contribution in [-0.4, -0.2) is 31.7 Å². The fraction of sp³-hybridized carbons (Fsp3) is 0. The van der Waals surface area contributed by atoms with Crippen molar-refractivity contribution >= 4 is 12.3 Å². The van der Waals surface area contributed by atoms with Gasteiger partial charge in [-0.1, -0.05) is 0 Å². The Balaban J connectivity index is 0.000000437. The highest BCUT2D eigenvalue weighted by molar-refractivity contribution is 5.56. The van der Waals surface area contributed by atoms with Gasteiger partial charge >= 0.3 is 0 Å². The number of carbonyl (C=O) groups is 1. The van der Waals surface area contributed by atoms with Gasteiger partial charge in [0, 0.05) is 6.20 Å². The van der Waals surface area contributed by atoms with Crippen LogP contribution in [0.5, 0.6) is 0 Å². The third-order valence-electron chi connectivity index (χ3n) is 1.67. The summed E-state index contributed by atoms with van der Waals surface area (Å²) in [6, 6.07) is 3.59. The number of nitrogens with one attached hydrogen (secondary N) is 1. The Morgan fingerprint density at radius 1 is 1.53 bits per heavy atom. The van der Waals surface area contributed by atoms with Crippen LogP contribution in [0.1, 0.15) is 5.69 Å². The van der Waals surface area contributed by atoms with E-state index in [1.807, 2.05) is 6.07 Å². The summed E-state index contributed by atoms with van der Waals surface area (Å²) in [5.41, 5.74) is 6.82. The highest BCUT2D eigenvalue weighted by Gasteiger charge is 2.06. The van der Waals surface area contributed by atoms with Crippen LogP contribution in [0.3, 0.4) is 0 Å². The minimum atomic E-state index is -0.250. The lowest BCUT2D eigenvalue weighted by atomic mass is 10.3. The number of hydrogen-bond acceptors (Lipinski definition) is 6. The Morgan fingerprint density at radius 2 is 2.24 bits per heavy atom. The second-order valence-corrected chi connectivity index (χ2v) is 2.67. The number of aromatic amines is 1. The van der Waals surface area contributed by atoms with E-state index in [0.29, 0.717) is 11.4 Å². The van der Waals surface area contributed by atoms with Gasteiger partial charge in [-0.25, -0.2) is 9.97 Å². The molecule has 2 rings (SSSR count). The van der Waals surface area contributed by atoms with Crippen LogP contribution in [0.15, 0.2) is 18.5 Å². The molecule has 0 radical (unpaired) electrons. The van der Waals surface area contributed by atoms with E-state index in [9.17, 15) is 0 Å². The minimum Gasteiger partial charge on any atom is -0.483 e. The van der Waals surface area contributed by atoms with E-state index in [1.54, 1.807) is 12.3 Å². The fourth-order valence-electron chi connectivity index (χ4n) is 1.02. The van der Waals surface area contributed by atoms with Gasteiger partial charge in [0.1, 0.15) is 17.5 Å². The molecule has 0 amide bonds. The molecule has 0 saturated carbocycles. The summed E-state index contributed by atoms with van der Waals surface area (Å²) in [5, 5.41) is 22.0. The van der Waals surface area contributed by atoms with Gasteiger partial charge in [-0.15, -0.1) is 0 Å². The smallest absolute Gasteiger partial charge is 0.290 e. The normalized spacial score (nSPS) is 8.65. The van der Waals surface area contributed by atoms with Gasteiger partial charge in [-0.3, -0.25) is 9.89 Å². The Hall–Kier alpha value is -2.95. The first-order valence-electron chi connectivity index (χ1n) is 4.33. The van der Waals surface area contributed by atoms with Crippen molar-refractivity contribution in [1.29, 1.82) is 5.26 Å². The molecule has 4 N–H and O–H groups in total. The molecule has 0 spiro atoms. The molecule has 2 heterocycles. The molecule has 0 unspecified atom stereocenters. The lowest BCUT2D eigenvalue weighted by Crippen LogP contribution is -1.99. The average Bonchev–Trinajstić information content (AvgIpc) is 2.83. The predicted molar refractivity (Wildman–Crippen MR) is 57.4 cm³/mol. The summed E-state index contributed by atoms with van der Waals surface area (Å²) < 4.78 is 0. The quantitative estimate of drug-likeness (QED) is 0.588. The number of nitrogen functional groups attached to an aromatic ring is 1. The first-order chi connectivity index (χ1) is 8.22. The molecule has 17 heavy (non-hydrogen) atoms. The van der Waals surface area contributed by atoms with Gasteiger partial charge in [0.15, 0.2) is 11.5 Å². The van der Waals surface area contributed by atoms with E-state index >= 15 is 0 Å². The van der Waals surface area contributed by atoms with Crippen LogP contribution < -0.4 is 5.73 Å². The van der Waals surface area contributed by atoms with E-state index in [4.69, 9.17) is 20.9 Å². The lowest BCUT2D eigenvalue weighted by Gasteiger charge is -1.97. The molecule has 0 aliphatic heterocycles. The van der Waals surface area contributed by atoms with E-state index in [2.05, 4.69) is 20.2 Å². The highest BCUT2D eigenvalue weighted by atomic mass is 16.3. The lowest BCUT2D eigenvalue weighted by molar-refractivity contribution is -0.122. The second kappa shape index (κ2) is 5.82. The molecule has 8 nitrogen and oxygen atoms in total. The summed E-state index contributed by atoms with van der Waals surface area (Å²) in [6.45, 7) is -0.250. The van der Waals surface area contributed by atoms with Crippen LogP contribution in [0, 0.1) is 11.3 Å². The van der Waals surface area contributed by atoms with Crippen LogP contribution in [0.4, 0.5) is 5.82 Å². The Bertz CT molecular complexity index is 531. The van der Waals surface area contributed by atoms with E-state index in [-0.39, 0.29) is 18.0 Å². The zero-order valence-electron chi connectivity index (χ0n) is 8.53. The number of aromatic nitrogens is 4. The number of nitrogens with two attached hydrogens (primary N) is 1. The van der Waals surface area contributed by atoms with Crippen molar-refractivity contribution in [2.75, 3.05) is 5.73 Å². The van der Waals surface area contributed by atoms with Gasteiger partial charge in [0.25, 0.3) is 6.47 Å². The zero-order chi connectivity index (χ0) is 12.7. The fourth-order valence-corrected chi connectivity index (χ4v) is 1.02. The summed E-state index contributed by atoms with van der Waals surface area (Å²) in [5.74, 6) is 0.119. The van der Waals surface area contributed by atoms with Gasteiger partial charge in [0.05, 0.1) is 6.20 Å². The van der Waals surface area contributed by atoms with E-state index in [1.165, 1.54) is 6.20 Å². The topological polar surface area (TPSA) is 142 Å². The molecule has 86 valence electrons. The Kier molecular flexibility index (Phi) is 4.15. The molecular weight excluding hydrogens is 224 g/mol.